The van der Waals surface area contributed by atoms with Crippen LogP contribution in [-0.4, -0.2) is 20.6 Å². The maximum atomic E-state index is 3.63. The molecule has 0 unspecified atom stereocenters. The number of H-pyrrole nitrogens is 1. The zero-order valence-corrected chi connectivity index (χ0v) is 4.73. The van der Waals surface area contributed by atoms with Crippen molar-refractivity contribution in [1.29, 1.82) is 0 Å². The summed E-state index contributed by atoms with van der Waals surface area (Å²) in [6, 6.07) is 5.36. The summed E-state index contributed by atoms with van der Waals surface area (Å²) in [5.41, 5.74) is 0. The average Bonchev–Trinajstić information content (AvgIpc) is 2.00. The van der Waals surface area contributed by atoms with E-state index in [1.54, 1.807) is 24.5 Å². The van der Waals surface area contributed by atoms with Crippen molar-refractivity contribution < 1.29 is 0 Å². The van der Waals surface area contributed by atoms with Gasteiger partial charge in [-0.05, 0) is 12.1 Å². The molecular formula is C5H6N4. The molecule has 1 rings (SSSR count). The number of hydrogen-bond acceptors (Lipinski definition) is 3. The highest BCUT2D eigenvalue weighted by atomic mass is 15.4. The summed E-state index contributed by atoms with van der Waals surface area (Å²) in [4.78, 5) is 0. The maximum Gasteiger partial charge on any atom is 0.0513 e. The Morgan fingerprint density at radius 3 is 2.89 bits per heavy atom. The molecule has 1 heterocycles. The molecule has 0 spiro atoms. The van der Waals surface area contributed by atoms with Gasteiger partial charge in [-0.15, -0.1) is 5.10 Å². The first kappa shape index (κ1) is 5.68. The summed E-state index contributed by atoms with van der Waals surface area (Å²) in [5, 5.41) is 13.0. The van der Waals surface area contributed by atoms with Crippen molar-refractivity contribution in [2.45, 2.75) is 0 Å². The van der Waals surface area contributed by atoms with Crippen molar-refractivity contribution in [3.63, 3.8) is 0 Å². The summed E-state index contributed by atoms with van der Waals surface area (Å²) < 4.78 is 0. The fourth-order valence-electron chi connectivity index (χ4n) is 0.363. The van der Waals surface area contributed by atoms with Crippen LogP contribution in [0.5, 0.6) is 0 Å². The molecule has 46 valence electrons. The monoisotopic (exact) mass is 122 g/mol. The lowest BCUT2D eigenvalue weighted by Gasteiger charge is -1.63. The predicted molar refractivity (Wildman–Crippen MR) is 31.8 cm³/mol. The SMILES string of the molecule is c1ccnn[nH]ncc1. The van der Waals surface area contributed by atoms with Crippen LogP contribution in [0.4, 0.5) is 0 Å². The first-order chi connectivity index (χ1) is 4.50. The van der Waals surface area contributed by atoms with Crippen molar-refractivity contribution in [2.75, 3.05) is 0 Å². The van der Waals surface area contributed by atoms with Crippen molar-refractivity contribution in [1.82, 2.24) is 20.6 Å². The summed E-state index contributed by atoms with van der Waals surface area (Å²) in [7, 11) is 0. The molecule has 0 bridgehead atoms. The van der Waals surface area contributed by atoms with Gasteiger partial charge in [0.05, 0.1) is 6.20 Å². The van der Waals surface area contributed by atoms with Gasteiger partial charge in [0.25, 0.3) is 0 Å². The van der Waals surface area contributed by atoms with Crippen LogP contribution in [0.2, 0.25) is 0 Å². The fraction of sp³-hybridized carbons (Fsp3) is 0. The molecule has 0 saturated heterocycles. The summed E-state index contributed by atoms with van der Waals surface area (Å²) >= 11 is 0. The molecule has 0 aliphatic heterocycles. The van der Waals surface area contributed by atoms with Crippen LogP contribution in [-0.2, 0) is 0 Å². The Kier molecular flexibility index (Phi) is 2.23. The van der Waals surface area contributed by atoms with E-state index in [0.717, 1.165) is 0 Å². The second kappa shape index (κ2) is 3.54. The normalized spacial score (nSPS) is 8.00. The van der Waals surface area contributed by atoms with Gasteiger partial charge in [-0.1, -0.05) is 11.3 Å². The molecule has 9 heavy (non-hydrogen) atoms. The van der Waals surface area contributed by atoms with Crippen LogP contribution >= 0.6 is 0 Å². The summed E-state index contributed by atoms with van der Waals surface area (Å²) in [6.45, 7) is 0. The lowest BCUT2D eigenvalue weighted by molar-refractivity contribution is 0.792. The molecule has 0 amide bonds. The van der Waals surface area contributed by atoms with E-state index in [0.29, 0.717) is 0 Å². The van der Waals surface area contributed by atoms with E-state index in [1.807, 2.05) is 6.07 Å². The van der Waals surface area contributed by atoms with E-state index in [2.05, 4.69) is 20.6 Å². The van der Waals surface area contributed by atoms with E-state index in [1.165, 1.54) is 0 Å². The number of rotatable bonds is 0. The second-order valence-electron chi connectivity index (χ2n) is 1.32. The van der Waals surface area contributed by atoms with E-state index in [9.17, 15) is 0 Å². The minimum atomic E-state index is 1.57. The Hall–Kier alpha value is -1.45. The van der Waals surface area contributed by atoms with Gasteiger partial charge in [0, 0.05) is 6.20 Å². The largest absolute Gasteiger partial charge is 0.179 e. The third-order valence-corrected chi connectivity index (χ3v) is 0.696. The summed E-state index contributed by atoms with van der Waals surface area (Å²) in [5.74, 6) is 0. The summed E-state index contributed by atoms with van der Waals surface area (Å²) in [6.07, 6.45) is 3.16. The Morgan fingerprint density at radius 1 is 1.00 bits per heavy atom. The van der Waals surface area contributed by atoms with Crippen molar-refractivity contribution in [3.05, 3.63) is 30.6 Å². The van der Waals surface area contributed by atoms with Crippen molar-refractivity contribution in [3.8, 4) is 0 Å². The molecule has 1 aromatic heterocycles. The first-order valence-electron chi connectivity index (χ1n) is 2.50. The molecule has 0 aliphatic carbocycles. The molecule has 0 aromatic carbocycles. The van der Waals surface area contributed by atoms with Crippen molar-refractivity contribution in [2.24, 2.45) is 0 Å². The van der Waals surface area contributed by atoms with Gasteiger partial charge in [0.1, 0.15) is 0 Å². The standard InChI is InChI=1S/C5H6N4/c1-2-4-6-8-9-7-5-3-1/h1-5H,(H,6,9). The van der Waals surface area contributed by atoms with E-state index >= 15 is 0 Å². The number of nitrogens with one attached hydrogen (secondary N) is 1. The van der Waals surface area contributed by atoms with Gasteiger partial charge >= 0.3 is 0 Å². The Morgan fingerprint density at radius 2 is 1.89 bits per heavy atom. The molecular weight excluding hydrogens is 116 g/mol. The topological polar surface area (TPSA) is 54.5 Å². The minimum absolute atomic E-state index is 1.57. The molecule has 0 radical (unpaired) electrons. The van der Waals surface area contributed by atoms with E-state index in [4.69, 9.17) is 0 Å². The lowest BCUT2D eigenvalue weighted by Crippen LogP contribution is -1.78. The van der Waals surface area contributed by atoms with Crippen molar-refractivity contribution >= 4 is 0 Å². The van der Waals surface area contributed by atoms with Gasteiger partial charge in [0.15, 0.2) is 0 Å². The number of aromatic amines is 1. The number of nitrogens with zero attached hydrogens (tertiary/aromatic N) is 3. The Labute approximate surface area is 52.2 Å². The number of aromatic nitrogens is 4. The van der Waals surface area contributed by atoms with Gasteiger partial charge in [-0.2, -0.15) is 10.3 Å². The van der Waals surface area contributed by atoms with Crippen LogP contribution < -0.4 is 0 Å². The highest BCUT2D eigenvalue weighted by Crippen LogP contribution is 1.68. The molecule has 0 aliphatic rings. The third-order valence-electron chi connectivity index (χ3n) is 0.696. The second-order valence-corrected chi connectivity index (χ2v) is 1.32. The van der Waals surface area contributed by atoms with E-state index < -0.39 is 0 Å². The van der Waals surface area contributed by atoms with Gasteiger partial charge in [0.2, 0.25) is 0 Å². The smallest absolute Gasteiger partial charge is 0.0513 e. The van der Waals surface area contributed by atoms with Gasteiger partial charge in [-0.25, -0.2) is 0 Å². The van der Waals surface area contributed by atoms with Crippen LogP contribution in [0.1, 0.15) is 0 Å². The maximum absolute atomic E-state index is 3.63. The highest BCUT2D eigenvalue weighted by molar-refractivity contribution is 4.83. The Bertz CT molecular complexity index is 131. The molecule has 4 nitrogen and oxygen atoms in total. The zero-order chi connectivity index (χ0) is 6.36. The minimum Gasteiger partial charge on any atom is -0.179 e. The van der Waals surface area contributed by atoms with Crippen LogP contribution in [0.3, 0.4) is 0 Å². The quantitative estimate of drug-likeness (QED) is 0.539. The predicted octanol–water partition coefficient (Wildman–Crippen LogP) is 0.324. The zero-order valence-electron chi connectivity index (χ0n) is 4.73. The fourth-order valence-corrected chi connectivity index (χ4v) is 0.363. The van der Waals surface area contributed by atoms with E-state index in [-0.39, 0.29) is 0 Å². The highest BCUT2D eigenvalue weighted by Gasteiger charge is 1.58. The Balaban J connectivity index is 3.04. The lowest BCUT2D eigenvalue weighted by atomic mass is 10.6. The molecule has 1 N–H and O–H groups in total. The van der Waals surface area contributed by atoms with Gasteiger partial charge < -0.3 is 0 Å². The average molecular weight is 122 g/mol. The van der Waals surface area contributed by atoms with Gasteiger partial charge in [-0.3, -0.25) is 0 Å². The molecule has 0 atom stereocenters. The number of hydrogen-bond donors (Lipinski definition) is 1. The first-order valence-corrected chi connectivity index (χ1v) is 2.50. The van der Waals surface area contributed by atoms with Crippen LogP contribution in [0.25, 0.3) is 0 Å². The molecule has 4 heteroatoms. The third kappa shape index (κ3) is 2.38. The van der Waals surface area contributed by atoms with Crippen LogP contribution in [0.15, 0.2) is 30.6 Å². The molecule has 0 fully saturated rings. The molecule has 0 saturated carbocycles. The van der Waals surface area contributed by atoms with Crippen LogP contribution in [0, 0.1) is 0 Å². The molecule has 1 aromatic rings.